The van der Waals surface area contributed by atoms with Crippen LogP contribution in [0.2, 0.25) is 5.02 Å². The van der Waals surface area contributed by atoms with Crippen molar-refractivity contribution >= 4 is 72.4 Å². The monoisotopic (exact) mass is 489 g/mol. The fourth-order valence-electron chi connectivity index (χ4n) is 1.97. The third kappa shape index (κ3) is 5.99. The van der Waals surface area contributed by atoms with E-state index in [2.05, 4.69) is 26.6 Å². The molecule has 2 aromatic rings. The molecule has 0 aromatic heterocycles. The lowest BCUT2D eigenvalue weighted by Gasteiger charge is -2.11. The molecule has 3 N–H and O–H groups in total. The third-order valence-corrected chi connectivity index (χ3v) is 5.58. The Morgan fingerprint density at radius 1 is 1.11 bits per heavy atom. The molecule has 11 heteroatoms. The van der Waals surface area contributed by atoms with Crippen LogP contribution in [-0.2, 0) is 14.8 Å². The molecule has 27 heavy (non-hydrogen) atoms. The zero-order valence-corrected chi connectivity index (χ0v) is 17.7. The number of rotatable bonds is 4. The van der Waals surface area contributed by atoms with E-state index in [1.54, 1.807) is 18.2 Å². The standard InChI is InChI=1S/C16H13BrClN3O4S2/c1-9(22)21-27(24,25)12-5-3-11(4-6-12)19-16(26)20-15(23)13-8-10(17)2-7-14(13)18/h2-8H,1H3,(H,21,22)(H2,19,20,23,26). The number of thiocarbonyl (C=S) groups is 1. The van der Waals surface area contributed by atoms with Gasteiger partial charge in [-0.25, -0.2) is 13.1 Å². The summed E-state index contributed by atoms with van der Waals surface area (Å²) in [7, 11) is -3.92. The number of amides is 2. The molecule has 0 aliphatic heterocycles. The molecule has 0 aliphatic rings. The minimum Gasteiger partial charge on any atom is -0.332 e. The maximum atomic E-state index is 12.2. The summed E-state index contributed by atoms with van der Waals surface area (Å²) in [5, 5.41) is 5.52. The second-order valence-corrected chi connectivity index (χ2v) is 8.63. The van der Waals surface area contributed by atoms with Gasteiger partial charge in [0.25, 0.3) is 15.9 Å². The van der Waals surface area contributed by atoms with Crippen molar-refractivity contribution in [3.8, 4) is 0 Å². The van der Waals surface area contributed by atoms with Crippen molar-refractivity contribution < 1.29 is 18.0 Å². The maximum absolute atomic E-state index is 12.2. The highest BCUT2D eigenvalue weighted by atomic mass is 79.9. The molecule has 0 spiro atoms. The molecule has 0 bridgehead atoms. The number of benzene rings is 2. The van der Waals surface area contributed by atoms with Gasteiger partial charge in [-0.2, -0.15) is 0 Å². The summed E-state index contributed by atoms with van der Waals surface area (Å²) < 4.78 is 26.3. The van der Waals surface area contributed by atoms with E-state index in [4.69, 9.17) is 23.8 Å². The van der Waals surface area contributed by atoms with Crippen LogP contribution in [0.5, 0.6) is 0 Å². The van der Waals surface area contributed by atoms with Gasteiger partial charge in [-0.05, 0) is 54.7 Å². The summed E-state index contributed by atoms with van der Waals surface area (Å²) in [6, 6.07) is 10.3. The van der Waals surface area contributed by atoms with Gasteiger partial charge in [-0.15, -0.1) is 0 Å². The minimum atomic E-state index is -3.92. The minimum absolute atomic E-state index is 0.00788. The fraction of sp³-hybridized carbons (Fsp3) is 0.0625. The summed E-state index contributed by atoms with van der Waals surface area (Å²) in [4.78, 5) is 23.1. The third-order valence-electron chi connectivity index (χ3n) is 3.10. The van der Waals surface area contributed by atoms with Crippen LogP contribution in [0.15, 0.2) is 51.8 Å². The Bertz CT molecular complexity index is 1010. The highest BCUT2D eigenvalue weighted by molar-refractivity contribution is 9.10. The van der Waals surface area contributed by atoms with Crippen molar-refractivity contribution in [1.82, 2.24) is 10.0 Å². The fourth-order valence-corrected chi connectivity index (χ4v) is 3.74. The molecular weight excluding hydrogens is 478 g/mol. The lowest BCUT2D eigenvalue weighted by molar-refractivity contribution is -0.117. The first-order valence-corrected chi connectivity index (χ1v) is 10.4. The summed E-state index contributed by atoms with van der Waals surface area (Å²) in [6.07, 6.45) is 0. The molecule has 0 saturated carbocycles. The van der Waals surface area contributed by atoms with Gasteiger partial charge >= 0.3 is 0 Å². The lowest BCUT2D eigenvalue weighted by Crippen LogP contribution is -2.34. The Balaban J connectivity index is 2.05. The average Bonchev–Trinajstić information content (AvgIpc) is 2.56. The van der Waals surface area contributed by atoms with E-state index in [0.29, 0.717) is 10.2 Å². The first-order chi connectivity index (χ1) is 12.6. The van der Waals surface area contributed by atoms with E-state index in [1.165, 1.54) is 24.3 Å². The molecular formula is C16H13BrClN3O4S2. The van der Waals surface area contributed by atoms with Crippen LogP contribution in [0, 0.1) is 0 Å². The number of halogens is 2. The SMILES string of the molecule is CC(=O)NS(=O)(=O)c1ccc(NC(=S)NC(=O)c2cc(Br)ccc2Cl)cc1. The second kappa shape index (κ2) is 8.79. The predicted molar refractivity (Wildman–Crippen MR) is 110 cm³/mol. The van der Waals surface area contributed by atoms with Gasteiger partial charge in [0.05, 0.1) is 15.5 Å². The van der Waals surface area contributed by atoms with Gasteiger partial charge in [0.2, 0.25) is 5.91 Å². The Kier molecular flexibility index (Phi) is 6.93. The van der Waals surface area contributed by atoms with E-state index >= 15 is 0 Å². The van der Waals surface area contributed by atoms with Crippen LogP contribution in [0.25, 0.3) is 0 Å². The van der Waals surface area contributed by atoms with Gasteiger partial charge in [0.1, 0.15) is 0 Å². The summed E-state index contributed by atoms with van der Waals surface area (Å²) in [5.74, 6) is -1.18. The van der Waals surface area contributed by atoms with Crippen LogP contribution >= 0.6 is 39.7 Å². The topological polar surface area (TPSA) is 104 Å². The highest BCUT2D eigenvalue weighted by Gasteiger charge is 2.16. The van der Waals surface area contributed by atoms with E-state index in [0.717, 1.165) is 6.92 Å². The van der Waals surface area contributed by atoms with Crippen LogP contribution in [0.3, 0.4) is 0 Å². The largest absolute Gasteiger partial charge is 0.332 e. The van der Waals surface area contributed by atoms with Gasteiger partial charge in [0, 0.05) is 17.1 Å². The molecule has 0 aliphatic carbocycles. The van der Waals surface area contributed by atoms with Crippen molar-refractivity contribution in [1.29, 1.82) is 0 Å². The average molecular weight is 491 g/mol. The van der Waals surface area contributed by atoms with Crippen LogP contribution < -0.4 is 15.4 Å². The Labute approximate surface area is 174 Å². The van der Waals surface area contributed by atoms with Crippen molar-refractivity contribution in [2.75, 3.05) is 5.32 Å². The number of hydrogen-bond acceptors (Lipinski definition) is 5. The van der Waals surface area contributed by atoms with Gasteiger partial charge in [-0.1, -0.05) is 27.5 Å². The molecule has 0 radical (unpaired) electrons. The summed E-state index contributed by atoms with van der Waals surface area (Å²) in [5.41, 5.74) is 0.689. The van der Waals surface area contributed by atoms with Gasteiger partial charge < -0.3 is 5.32 Å². The Morgan fingerprint density at radius 2 is 1.74 bits per heavy atom. The van der Waals surface area contributed by atoms with Crippen molar-refractivity contribution in [2.24, 2.45) is 0 Å². The molecule has 0 atom stereocenters. The molecule has 0 heterocycles. The van der Waals surface area contributed by atoms with Gasteiger partial charge in [-0.3, -0.25) is 14.9 Å². The van der Waals surface area contributed by atoms with E-state index < -0.39 is 21.8 Å². The molecule has 0 unspecified atom stereocenters. The Hall–Kier alpha value is -2.01. The number of hydrogen-bond donors (Lipinski definition) is 3. The van der Waals surface area contributed by atoms with E-state index in [-0.39, 0.29) is 20.6 Å². The number of carbonyl (C=O) groups is 2. The normalized spacial score (nSPS) is 10.8. The number of carbonyl (C=O) groups excluding carboxylic acids is 2. The van der Waals surface area contributed by atoms with Crippen LogP contribution in [-0.4, -0.2) is 25.3 Å². The van der Waals surface area contributed by atoms with Crippen LogP contribution in [0.1, 0.15) is 17.3 Å². The first-order valence-electron chi connectivity index (χ1n) is 7.29. The molecule has 2 amide bonds. The molecule has 142 valence electrons. The zero-order valence-electron chi connectivity index (χ0n) is 13.7. The maximum Gasteiger partial charge on any atom is 0.264 e. The predicted octanol–water partition coefficient (Wildman–Crippen LogP) is 3.05. The number of anilines is 1. The van der Waals surface area contributed by atoms with Crippen LogP contribution in [0.4, 0.5) is 5.69 Å². The smallest absolute Gasteiger partial charge is 0.264 e. The number of nitrogens with one attached hydrogen (secondary N) is 3. The molecule has 0 fully saturated rings. The lowest BCUT2D eigenvalue weighted by atomic mass is 10.2. The van der Waals surface area contributed by atoms with Crippen molar-refractivity contribution in [3.63, 3.8) is 0 Å². The number of sulfonamides is 1. The Morgan fingerprint density at radius 3 is 2.33 bits per heavy atom. The second-order valence-electron chi connectivity index (χ2n) is 5.22. The first kappa shape index (κ1) is 21.3. The molecule has 2 aromatic carbocycles. The van der Waals surface area contributed by atoms with E-state index in [9.17, 15) is 18.0 Å². The molecule has 7 nitrogen and oxygen atoms in total. The van der Waals surface area contributed by atoms with E-state index in [1.807, 2.05) is 4.72 Å². The zero-order chi connectivity index (χ0) is 20.2. The van der Waals surface area contributed by atoms with Crippen molar-refractivity contribution in [2.45, 2.75) is 11.8 Å². The molecule has 0 saturated heterocycles. The quantitative estimate of drug-likeness (QED) is 0.569. The van der Waals surface area contributed by atoms with Crippen molar-refractivity contribution in [3.05, 3.63) is 57.5 Å². The highest BCUT2D eigenvalue weighted by Crippen LogP contribution is 2.21. The molecule has 2 rings (SSSR count). The summed E-state index contributed by atoms with van der Waals surface area (Å²) in [6.45, 7) is 1.10. The summed E-state index contributed by atoms with van der Waals surface area (Å²) >= 11 is 14.3. The van der Waals surface area contributed by atoms with Gasteiger partial charge in [0.15, 0.2) is 5.11 Å².